The lowest BCUT2D eigenvalue weighted by atomic mass is 10.2. The highest BCUT2D eigenvalue weighted by molar-refractivity contribution is 8.04. The molecular weight excluding hydrogens is 726 g/mol. The van der Waals surface area contributed by atoms with E-state index in [1.807, 2.05) is 6.11 Å². The van der Waals surface area contributed by atoms with Gasteiger partial charge in [0.05, 0.1) is 17.1 Å². The van der Waals surface area contributed by atoms with E-state index in [0.717, 1.165) is 29.9 Å². The Morgan fingerprint density at radius 1 is 1.02 bits per heavy atom. The predicted molar refractivity (Wildman–Crippen MR) is 179 cm³/mol. The minimum absolute atomic E-state index is 0.0643. The average molecular weight is 746 g/mol. The topological polar surface area (TPSA) is 262 Å². The molecule has 1 heterocycles. The van der Waals surface area contributed by atoms with Crippen LogP contribution in [0.25, 0.3) is 0 Å². The summed E-state index contributed by atoms with van der Waals surface area (Å²) >= 11 is 7.79. The third-order valence-corrected chi connectivity index (χ3v) is 7.18. The molecule has 0 bridgehead atoms. The van der Waals surface area contributed by atoms with Gasteiger partial charge in [-0.05, 0) is 88.4 Å². The molecular formula is C27H20ClN9O9S3. The number of carbonyl (C=O) groups is 2. The summed E-state index contributed by atoms with van der Waals surface area (Å²) in [4.78, 5) is 48.9. The first-order chi connectivity index (χ1) is 23.5. The van der Waals surface area contributed by atoms with Crippen LogP contribution in [0.3, 0.4) is 0 Å². The van der Waals surface area contributed by atoms with Crippen LogP contribution in [0.1, 0.15) is 10.4 Å². The molecule has 3 aromatic carbocycles. The number of halogens is 1. The molecule has 0 spiro atoms. The van der Waals surface area contributed by atoms with Crippen molar-refractivity contribution < 1.29 is 41.7 Å². The number of carboxylic acid groups (broad SMARTS) is 1. The van der Waals surface area contributed by atoms with Crippen molar-refractivity contribution in [1.29, 1.82) is 0 Å². The number of anilines is 3. The van der Waals surface area contributed by atoms with E-state index >= 15 is 0 Å². The normalized spacial score (nSPS) is 11.2. The van der Waals surface area contributed by atoms with Gasteiger partial charge in [-0.25, -0.2) is 4.99 Å². The Bertz CT molecular complexity index is 2060. The van der Waals surface area contributed by atoms with Gasteiger partial charge >= 0.3 is 16.4 Å². The number of nitrogens with two attached hydrogens (primary N) is 1. The molecule has 6 N–H and O–H groups in total. The first-order valence-corrected chi connectivity index (χ1v) is 16.5. The Labute approximate surface area is 290 Å². The molecule has 0 radical (unpaired) electrons. The van der Waals surface area contributed by atoms with E-state index in [2.05, 4.69) is 60.1 Å². The Balaban J connectivity index is 1.40. The molecule has 4 rings (SSSR count). The Kier molecular flexibility index (Phi) is 13.2. The van der Waals surface area contributed by atoms with Gasteiger partial charge < -0.3 is 20.6 Å². The number of aromatic nitrogens is 3. The van der Waals surface area contributed by atoms with Crippen LogP contribution in [-0.2, 0) is 29.3 Å². The largest absolute Gasteiger partial charge is 0.481 e. The summed E-state index contributed by atoms with van der Waals surface area (Å²) in [5.74, 6) is 3.45. The highest BCUT2D eigenvalue weighted by atomic mass is 35.5. The van der Waals surface area contributed by atoms with Crippen LogP contribution in [0, 0.1) is 11.4 Å². The van der Waals surface area contributed by atoms with Crippen molar-refractivity contribution in [2.45, 2.75) is 10.1 Å². The third-order valence-electron chi connectivity index (χ3n) is 5.26. The lowest BCUT2D eigenvalue weighted by Crippen LogP contribution is -2.11. The fourth-order valence-corrected chi connectivity index (χ4v) is 4.78. The maximum Gasteiger partial charge on any atom is 0.433 e. The van der Waals surface area contributed by atoms with Crippen LogP contribution in [0.4, 0.5) is 34.4 Å². The number of aliphatic imine (C=N–C) groups is 1. The lowest BCUT2D eigenvalue weighted by molar-refractivity contribution is -0.135. The number of hydrogen-bond acceptors (Lipinski definition) is 17. The summed E-state index contributed by atoms with van der Waals surface area (Å²) in [5, 5.41) is 25.4. The van der Waals surface area contributed by atoms with Crippen molar-refractivity contribution in [3.05, 3.63) is 77.6 Å². The number of hydrogen-bond donors (Lipinski definition) is 5. The second kappa shape index (κ2) is 17.7. The minimum atomic E-state index is -4.78. The molecule has 18 nitrogen and oxygen atoms in total. The lowest BCUT2D eigenvalue weighted by Gasteiger charge is -2.08. The van der Waals surface area contributed by atoms with Gasteiger partial charge in [-0.1, -0.05) is 17.8 Å². The van der Waals surface area contributed by atoms with Gasteiger partial charge in [-0.2, -0.15) is 34.4 Å². The van der Waals surface area contributed by atoms with Crippen molar-refractivity contribution in [1.82, 2.24) is 15.0 Å². The number of rotatable bonds is 14. The Hall–Kier alpha value is -5.34. The highest BCUT2D eigenvalue weighted by Gasteiger charge is 2.11. The van der Waals surface area contributed by atoms with Crippen LogP contribution >= 0.6 is 35.1 Å². The summed E-state index contributed by atoms with van der Waals surface area (Å²) in [6.07, 6.45) is 2.93. The van der Waals surface area contributed by atoms with Crippen LogP contribution in [0.2, 0.25) is 5.28 Å². The molecule has 22 heteroatoms. The van der Waals surface area contributed by atoms with Crippen molar-refractivity contribution in [3.8, 4) is 11.4 Å². The minimum Gasteiger partial charge on any atom is -0.481 e. The number of benzene rings is 3. The first-order valence-electron chi connectivity index (χ1n) is 13.0. The number of amides is 1. The standard InChI is InChI=1S/C27H20ClN9O9S3/c28-25-33-26(35-27(34-25)48-14-23(38)39)32-19-8-9-21(22(13-19)30-15-44-29)37-36-17-6-4-16(5-7-17)24(40)31-18-2-1-3-20(12-18)47-11-10-45-46-49(41,42)43/h1-9,12-13,15H,14,29H2,(H,31,40)(H,38,39)(H,41,42,43)(H,32,33,34,35)/b30-15-,37-36?. The van der Waals surface area contributed by atoms with Crippen LogP contribution in [0.15, 0.2) is 92.0 Å². The van der Waals surface area contributed by atoms with Gasteiger partial charge in [-0.15, -0.1) is 5.11 Å². The van der Waals surface area contributed by atoms with Crippen molar-refractivity contribution in [2.24, 2.45) is 21.1 Å². The molecule has 0 atom stereocenters. The molecule has 0 saturated carbocycles. The summed E-state index contributed by atoms with van der Waals surface area (Å²) in [7, 11) is -4.78. The zero-order valence-electron chi connectivity index (χ0n) is 24.3. The van der Waals surface area contributed by atoms with Gasteiger partial charge in [0.25, 0.3) is 5.91 Å². The van der Waals surface area contributed by atoms with E-state index in [9.17, 15) is 18.0 Å². The van der Waals surface area contributed by atoms with Gasteiger partial charge in [-0.3, -0.25) is 19.0 Å². The average Bonchev–Trinajstić information content (AvgIpc) is 3.05. The van der Waals surface area contributed by atoms with Crippen LogP contribution in [-0.4, -0.2) is 57.1 Å². The molecule has 0 fully saturated rings. The molecule has 252 valence electrons. The number of nitrogens with one attached hydrogen (secondary N) is 2. The number of carboxylic acids is 1. The van der Waals surface area contributed by atoms with Gasteiger partial charge in [0, 0.05) is 27.1 Å². The number of azo groups is 1. The third kappa shape index (κ3) is 12.7. The molecule has 1 amide bonds. The monoisotopic (exact) mass is 745 g/mol. The fourth-order valence-electron chi connectivity index (χ4n) is 3.37. The van der Waals surface area contributed by atoms with E-state index in [-0.39, 0.29) is 22.1 Å². The molecule has 0 unspecified atom stereocenters. The van der Waals surface area contributed by atoms with Crippen molar-refractivity contribution in [2.75, 3.05) is 16.4 Å². The zero-order chi connectivity index (χ0) is 35.2. The molecule has 4 aromatic rings. The van der Waals surface area contributed by atoms with E-state index in [1.165, 1.54) is 0 Å². The summed E-state index contributed by atoms with van der Waals surface area (Å²) in [5.41, 5.74) is 2.29. The first kappa shape index (κ1) is 36.5. The SMILES string of the molecule is NO/C=N\c1cc(Nc2nc(Cl)nc(SCC(=O)O)n2)ccc1N=Nc1ccc(C(=O)Nc2cccc(SC#COOS(=O)(=O)O)c2)cc1. The second-order valence-electron chi connectivity index (χ2n) is 8.71. The molecule has 0 aliphatic carbocycles. The molecule has 1 aromatic heterocycles. The molecule has 0 aliphatic rings. The van der Waals surface area contributed by atoms with E-state index < -0.39 is 22.3 Å². The number of carbonyl (C=O) groups excluding carboxylic acids is 1. The smallest absolute Gasteiger partial charge is 0.433 e. The second-order valence-corrected chi connectivity index (χ2v) is 11.9. The van der Waals surface area contributed by atoms with E-state index in [4.69, 9.17) is 27.2 Å². The summed E-state index contributed by atoms with van der Waals surface area (Å²) < 4.78 is 32.9. The predicted octanol–water partition coefficient (Wildman–Crippen LogP) is 5.42. The maximum atomic E-state index is 12.8. The number of aliphatic carboxylic acids is 1. The Morgan fingerprint density at radius 3 is 2.55 bits per heavy atom. The van der Waals surface area contributed by atoms with Crippen LogP contribution in [0.5, 0.6) is 0 Å². The Morgan fingerprint density at radius 2 is 1.82 bits per heavy atom. The van der Waals surface area contributed by atoms with Crippen LogP contribution < -0.4 is 16.5 Å². The summed E-state index contributed by atoms with van der Waals surface area (Å²) in [6, 6.07) is 17.7. The van der Waals surface area contributed by atoms with Gasteiger partial charge in [0.2, 0.25) is 17.6 Å². The fraction of sp³-hybridized carbons (Fsp3) is 0.0370. The molecule has 49 heavy (non-hydrogen) atoms. The van der Waals surface area contributed by atoms with Crippen molar-refractivity contribution in [3.63, 3.8) is 0 Å². The van der Waals surface area contributed by atoms with Gasteiger partial charge in [0.1, 0.15) is 5.69 Å². The molecule has 0 saturated heterocycles. The van der Waals surface area contributed by atoms with Gasteiger partial charge in [0.15, 0.2) is 11.3 Å². The number of thioether (sulfide) groups is 2. The summed E-state index contributed by atoms with van der Waals surface area (Å²) in [6.45, 7) is 0. The quantitative estimate of drug-likeness (QED) is 0.0158. The highest BCUT2D eigenvalue weighted by Crippen LogP contribution is 2.33. The van der Waals surface area contributed by atoms with E-state index in [1.54, 1.807) is 66.7 Å². The number of nitrogens with zero attached hydrogens (tertiary/aromatic N) is 6. The maximum absolute atomic E-state index is 12.8. The van der Waals surface area contributed by atoms with Crippen molar-refractivity contribution >= 4 is 98.2 Å². The van der Waals surface area contributed by atoms with E-state index in [0.29, 0.717) is 38.9 Å². The zero-order valence-corrected chi connectivity index (χ0v) is 27.5. The molecule has 0 aliphatic heterocycles.